The Morgan fingerprint density at radius 2 is 2.14 bits per heavy atom. The van der Waals surface area contributed by atoms with Crippen LogP contribution in [0.1, 0.15) is 29.3 Å². The molecule has 1 aromatic rings. The van der Waals surface area contributed by atoms with Crippen molar-refractivity contribution in [2.24, 2.45) is 0 Å². The van der Waals surface area contributed by atoms with Crippen LogP contribution < -0.4 is 0 Å². The Morgan fingerprint density at radius 1 is 1.43 bits per heavy atom. The Hall–Kier alpha value is -1.02. The molecule has 0 heterocycles. The van der Waals surface area contributed by atoms with Crippen molar-refractivity contribution >= 4 is 17.6 Å². The van der Waals surface area contributed by atoms with Gasteiger partial charge in [0.05, 0.1) is 12.7 Å². The molecule has 0 saturated carbocycles. The first-order valence-corrected chi connectivity index (χ1v) is 4.93. The molecular weight excluding hydrogens is 200 g/mol. The second-order valence-electron chi connectivity index (χ2n) is 3.09. The Morgan fingerprint density at radius 3 is 2.71 bits per heavy atom. The molecule has 2 nitrogen and oxygen atoms in total. The summed E-state index contributed by atoms with van der Waals surface area (Å²) in [7, 11) is 1.36. The van der Waals surface area contributed by atoms with Crippen molar-refractivity contribution < 1.29 is 9.53 Å². The minimum atomic E-state index is -0.343. The first-order chi connectivity index (χ1) is 6.67. The van der Waals surface area contributed by atoms with Crippen LogP contribution in [0.3, 0.4) is 0 Å². The number of rotatable bonds is 3. The van der Waals surface area contributed by atoms with Crippen molar-refractivity contribution in [3.63, 3.8) is 0 Å². The van der Waals surface area contributed by atoms with Crippen LogP contribution in [0.2, 0.25) is 5.02 Å². The summed E-state index contributed by atoms with van der Waals surface area (Å²) in [5, 5.41) is 0.580. The fraction of sp³-hybridized carbons (Fsp3) is 0.364. The Bertz CT molecular complexity index is 334. The summed E-state index contributed by atoms with van der Waals surface area (Å²) in [5.41, 5.74) is 1.59. The van der Waals surface area contributed by atoms with E-state index in [0.29, 0.717) is 10.6 Å². The molecule has 0 aliphatic rings. The number of hydrogen-bond donors (Lipinski definition) is 0. The van der Waals surface area contributed by atoms with Gasteiger partial charge in [-0.2, -0.15) is 0 Å². The number of ether oxygens (including phenoxy) is 1. The molecule has 0 atom stereocenters. The van der Waals surface area contributed by atoms with E-state index >= 15 is 0 Å². The molecule has 1 rings (SSSR count). The molecule has 0 aliphatic heterocycles. The Balaban J connectivity index is 3.00. The third-order valence-corrected chi connectivity index (χ3v) is 2.14. The molecule has 1 aromatic carbocycles. The van der Waals surface area contributed by atoms with Crippen LogP contribution in [0.4, 0.5) is 0 Å². The first-order valence-electron chi connectivity index (χ1n) is 4.55. The van der Waals surface area contributed by atoms with E-state index in [4.69, 9.17) is 11.6 Å². The lowest BCUT2D eigenvalue weighted by atomic mass is 10.1. The van der Waals surface area contributed by atoms with Crippen LogP contribution in [0.25, 0.3) is 0 Å². The number of aryl methyl sites for hydroxylation is 1. The van der Waals surface area contributed by atoms with Gasteiger partial charge in [0.15, 0.2) is 0 Å². The predicted molar refractivity (Wildman–Crippen MR) is 56.8 cm³/mol. The lowest BCUT2D eigenvalue weighted by Gasteiger charge is -2.04. The topological polar surface area (TPSA) is 26.3 Å². The lowest BCUT2D eigenvalue weighted by molar-refractivity contribution is 0.0600. The summed E-state index contributed by atoms with van der Waals surface area (Å²) in [6.07, 6.45) is 1.95. The second kappa shape index (κ2) is 5.01. The van der Waals surface area contributed by atoms with E-state index in [1.165, 1.54) is 7.11 Å². The molecule has 14 heavy (non-hydrogen) atoms. The Labute approximate surface area is 88.8 Å². The quantitative estimate of drug-likeness (QED) is 0.720. The molecule has 0 aromatic heterocycles. The van der Waals surface area contributed by atoms with Gasteiger partial charge < -0.3 is 4.74 Å². The van der Waals surface area contributed by atoms with Crippen molar-refractivity contribution in [1.29, 1.82) is 0 Å². The summed E-state index contributed by atoms with van der Waals surface area (Å²) in [5.74, 6) is -0.343. The third-order valence-electron chi connectivity index (χ3n) is 1.92. The number of benzene rings is 1. The normalized spacial score (nSPS) is 9.93. The van der Waals surface area contributed by atoms with E-state index in [2.05, 4.69) is 11.7 Å². The predicted octanol–water partition coefficient (Wildman–Crippen LogP) is 3.08. The highest BCUT2D eigenvalue weighted by atomic mass is 35.5. The fourth-order valence-corrected chi connectivity index (χ4v) is 1.58. The molecule has 0 N–H and O–H groups in total. The van der Waals surface area contributed by atoms with Gasteiger partial charge in [-0.15, -0.1) is 0 Å². The molecule has 0 radical (unpaired) electrons. The minimum absolute atomic E-state index is 0.343. The van der Waals surface area contributed by atoms with Crippen molar-refractivity contribution in [2.75, 3.05) is 7.11 Å². The zero-order valence-electron chi connectivity index (χ0n) is 8.34. The molecule has 3 heteroatoms. The summed E-state index contributed by atoms with van der Waals surface area (Å²) < 4.78 is 4.63. The van der Waals surface area contributed by atoms with Crippen LogP contribution in [0.15, 0.2) is 18.2 Å². The second-order valence-corrected chi connectivity index (χ2v) is 3.53. The van der Waals surface area contributed by atoms with Gasteiger partial charge in [0.2, 0.25) is 0 Å². The van der Waals surface area contributed by atoms with Gasteiger partial charge in [-0.1, -0.05) is 24.9 Å². The van der Waals surface area contributed by atoms with E-state index in [0.717, 1.165) is 18.4 Å². The van der Waals surface area contributed by atoms with E-state index in [9.17, 15) is 4.79 Å². The maximum absolute atomic E-state index is 11.2. The summed E-state index contributed by atoms with van der Waals surface area (Å²) in [6, 6.07) is 5.31. The Kier molecular flexibility index (Phi) is 3.96. The van der Waals surface area contributed by atoms with Crippen LogP contribution in [-0.2, 0) is 11.2 Å². The van der Waals surface area contributed by atoms with Gasteiger partial charge in [0.1, 0.15) is 0 Å². The van der Waals surface area contributed by atoms with Crippen LogP contribution in [-0.4, -0.2) is 13.1 Å². The minimum Gasteiger partial charge on any atom is -0.465 e. The molecule has 0 fully saturated rings. The average molecular weight is 213 g/mol. The monoisotopic (exact) mass is 212 g/mol. The van der Waals surface area contributed by atoms with Gasteiger partial charge >= 0.3 is 5.97 Å². The van der Waals surface area contributed by atoms with Crippen molar-refractivity contribution in [2.45, 2.75) is 19.8 Å². The largest absolute Gasteiger partial charge is 0.465 e. The van der Waals surface area contributed by atoms with Gasteiger partial charge in [-0.3, -0.25) is 0 Å². The van der Waals surface area contributed by atoms with E-state index < -0.39 is 0 Å². The number of carbonyl (C=O) groups excluding carboxylic acids is 1. The number of methoxy groups -OCH3 is 1. The van der Waals surface area contributed by atoms with Crippen LogP contribution >= 0.6 is 11.6 Å². The highest BCUT2D eigenvalue weighted by Crippen LogP contribution is 2.17. The van der Waals surface area contributed by atoms with E-state index in [-0.39, 0.29) is 5.97 Å². The maximum atomic E-state index is 11.2. The van der Waals surface area contributed by atoms with Crippen molar-refractivity contribution in [3.05, 3.63) is 34.3 Å². The lowest BCUT2D eigenvalue weighted by Crippen LogP contribution is -2.02. The smallest absolute Gasteiger partial charge is 0.337 e. The van der Waals surface area contributed by atoms with E-state index in [1.54, 1.807) is 6.07 Å². The zero-order valence-corrected chi connectivity index (χ0v) is 9.10. The SMILES string of the molecule is CCCc1cc(Cl)cc(C(=O)OC)c1. The van der Waals surface area contributed by atoms with Gasteiger partial charge in [0, 0.05) is 5.02 Å². The van der Waals surface area contributed by atoms with Crippen molar-refractivity contribution in [3.8, 4) is 0 Å². The number of carbonyl (C=O) groups is 1. The molecule has 0 saturated heterocycles. The van der Waals surface area contributed by atoms with Crippen LogP contribution in [0.5, 0.6) is 0 Å². The molecular formula is C11H13ClO2. The molecule has 0 bridgehead atoms. The van der Waals surface area contributed by atoms with Crippen molar-refractivity contribution in [1.82, 2.24) is 0 Å². The molecule has 0 unspecified atom stereocenters. The standard InChI is InChI=1S/C11H13ClO2/c1-3-4-8-5-9(11(13)14-2)7-10(12)6-8/h5-7H,3-4H2,1-2H3. The third kappa shape index (κ3) is 2.74. The molecule has 76 valence electrons. The molecule has 0 aliphatic carbocycles. The first kappa shape index (κ1) is 11.1. The molecule has 0 spiro atoms. The highest BCUT2D eigenvalue weighted by Gasteiger charge is 2.07. The number of halogens is 1. The van der Waals surface area contributed by atoms with Gasteiger partial charge in [-0.25, -0.2) is 4.79 Å². The summed E-state index contributed by atoms with van der Waals surface area (Å²) in [6.45, 7) is 2.08. The number of esters is 1. The number of hydrogen-bond acceptors (Lipinski definition) is 2. The van der Waals surface area contributed by atoms with Gasteiger partial charge in [0.25, 0.3) is 0 Å². The average Bonchev–Trinajstić information content (AvgIpc) is 2.16. The van der Waals surface area contributed by atoms with E-state index in [1.807, 2.05) is 12.1 Å². The summed E-state index contributed by atoms with van der Waals surface area (Å²) in [4.78, 5) is 11.2. The maximum Gasteiger partial charge on any atom is 0.337 e. The fourth-order valence-electron chi connectivity index (χ4n) is 1.32. The molecule has 0 amide bonds. The highest BCUT2D eigenvalue weighted by molar-refractivity contribution is 6.31. The van der Waals surface area contributed by atoms with Crippen LogP contribution in [0, 0.1) is 0 Å². The van der Waals surface area contributed by atoms with Gasteiger partial charge in [-0.05, 0) is 30.2 Å². The summed E-state index contributed by atoms with van der Waals surface area (Å²) >= 11 is 5.88. The zero-order chi connectivity index (χ0) is 10.6.